The standard InChI is InChI=1S/C14H15NO/c15-10-13-6-2-1-5-12(13)8-11-4-3-7-14(16)9-11/h1-2,5-6,11H,3-4,7-9H2/t11-/m0/s1. The zero-order valence-electron chi connectivity index (χ0n) is 9.28. The van der Waals surface area contributed by atoms with Crippen LogP contribution in [0.15, 0.2) is 24.3 Å². The Labute approximate surface area is 95.9 Å². The van der Waals surface area contributed by atoms with Gasteiger partial charge in [-0.15, -0.1) is 0 Å². The molecular formula is C14H15NO. The molecule has 0 spiro atoms. The first kappa shape index (κ1) is 10.9. The highest BCUT2D eigenvalue weighted by Crippen LogP contribution is 2.25. The number of benzene rings is 1. The third kappa shape index (κ3) is 2.49. The number of ketones is 1. The normalized spacial score (nSPS) is 20.4. The molecule has 0 radical (unpaired) electrons. The van der Waals surface area contributed by atoms with Crippen LogP contribution in [0, 0.1) is 17.2 Å². The fourth-order valence-electron chi connectivity index (χ4n) is 2.41. The second-order valence-electron chi connectivity index (χ2n) is 4.47. The molecule has 0 amide bonds. The zero-order valence-corrected chi connectivity index (χ0v) is 9.28. The van der Waals surface area contributed by atoms with Crippen LogP contribution in [0.5, 0.6) is 0 Å². The van der Waals surface area contributed by atoms with E-state index < -0.39 is 0 Å². The van der Waals surface area contributed by atoms with Gasteiger partial charge in [0.05, 0.1) is 11.6 Å². The Hall–Kier alpha value is -1.62. The third-order valence-electron chi connectivity index (χ3n) is 3.23. The van der Waals surface area contributed by atoms with E-state index in [9.17, 15) is 4.79 Å². The van der Waals surface area contributed by atoms with Crippen LogP contribution in [0.2, 0.25) is 0 Å². The van der Waals surface area contributed by atoms with Crippen LogP contribution < -0.4 is 0 Å². The number of rotatable bonds is 2. The van der Waals surface area contributed by atoms with E-state index >= 15 is 0 Å². The topological polar surface area (TPSA) is 40.9 Å². The lowest BCUT2D eigenvalue weighted by Crippen LogP contribution is -2.17. The number of hydrogen-bond donors (Lipinski definition) is 0. The zero-order chi connectivity index (χ0) is 11.4. The van der Waals surface area contributed by atoms with Gasteiger partial charge in [0.15, 0.2) is 0 Å². The van der Waals surface area contributed by atoms with Crippen LogP contribution in [0.3, 0.4) is 0 Å². The maximum absolute atomic E-state index is 11.4. The molecule has 2 nitrogen and oxygen atoms in total. The van der Waals surface area contributed by atoms with Gasteiger partial charge < -0.3 is 0 Å². The van der Waals surface area contributed by atoms with Gasteiger partial charge in [0.25, 0.3) is 0 Å². The third-order valence-corrected chi connectivity index (χ3v) is 3.23. The quantitative estimate of drug-likeness (QED) is 0.758. The van der Waals surface area contributed by atoms with Crippen molar-refractivity contribution in [2.24, 2.45) is 5.92 Å². The Morgan fingerprint density at radius 3 is 2.94 bits per heavy atom. The van der Waals surface area contributed by atoms with Crippen LogP contribution in [0.4, 0.5) is 0 Å². The molecule has 16 heavy (non-hydrogen) atoms. The highest BCUT2D eigenvalue weighted by molar-refractivity contribution is 5.79. The molecule has 0 bridgehead atoms. The second kappa shape index (κ2) is 4.94. The number of hydrogen-bond acceptors (Lipinski definition) is 2. The van der Waals surface area contributed by atoms with Crippen LogP contribution in [-0.2, 0) is 11.2 Å². The summed E-state index contributed by atoms with van der Waals surface area (Å²) in [6.45, 7) is 0. The monoisotopic (exact) mass is 213 g/mol. The van der Waals surface area contributed by atoms with Gasteiger partial charge in [-0.25, -0.2) is 0 Å². The summed E-state index contributed by atoms with van der Waals surface area (Å²) < 4.78 is 0. The van der Waals surface area contributed by atoms with Crippen molar-refractivity contribution in [2.45, 2.75) is 32.1 Å². The number of carbonyl (C=O) groups excluding carboxylic acids is 1. The van der Waals surface area contributed by atoms with Gasteiger partial charge in [-0.1, -0.05) is 18.2 Å². The summed E-state index contributed by atoms with van der Waals surface area (Å²) in [5.74, 6) is 0.821. The van der Waals surface area contributed by atoms with E-state index in [4.69, 9.17) is 5.26 Å². The lowest BCUT2D eigenvalue weighted by atomic mass is 9.83. The van der Waals surface area contributed by atoms with Crippen molar-refractivity contribution in [1.29, 1.82) is 5.26 Å². The SMILES string of the molecule is N#Cc1ccccc1C[C@@H]1CCCC(=O)C1. The molecule has 2 rings (SSSR count). The molecule has 1 aromatic rings. The smallest absolute Gasteiger partial charge is 0.133 e. The Balaban J connectivity index is 2.09. The highest BCUT2D eigenvalue weighted by Gasteiger charge is 2.20. The first-order chi connectivity index (χ1) is 7.79. The van der Waals surface area contributed by atoms with Crippen molar-refractivity contribution >= 4 is 5.78 Å². The lowest BCUT2D eigenvalue weighted by molar-refractivity contribution is -0.121. The van der Waals surface area contributed by atoms with Crippen molar-refractivity contribution in [3.8, 4) is 6.07 Å². The first-order valence-electron chi connectivity index (χ1n) is 5.79. The van der Waals surface area contributed by atoms with E-state index in [-0.39, 0.29) is 0 Å². The number of carbonyl (C=O) groups is 1. The molecule has 1 aliphatic rings. The van der Waals surface area contributed by atoms with Crippen molar-refractivity contribution < 1.29 is 4.79 Å². The van der Waals surface area contributed by atoms with Gasteiger partial charge in [-0.3, -0.25) is 4.79 Å². The van der Waals surface area contributed by atoms with E-state index in [0.29, 0.717) is 18.1 Å². The summed E-state index contributed by atoms with van der Waals surface area (Å²) in [5, 5.41) is 8.98. The Morgan fingerprint density at radius 2 is 2.19 bits per heavy atom. The fraction of sp³-hybridized carbons (Fsp3) is 0.429. The minimum Gasteiger partial charge on any atom is -0.300 e. The van der Waals surface area contributed by atoms with Crippen molar-refractivity contribution in [1.82, 2.24) is 0 Å². The van der Waals surface area contributed by atoms with Crippen LogP contribution >= 0.6 is 0 Å². The van der Waals surface area contributed by atoms with Gasteiger partial charge in [0, 0.05) is 12.8 Å². The van der Waals surface area contributed by atoms with E-state index in [1.54, 1.807) is 0 Å². The molecule has 0 heterocycles. The molecule has 1 atom stereocenters. The number of Topliss-reactive ketones (excluding diaryl/α,β-unsaturated/α-hetero) is 1. The average Bonchev–Trinajstić information content (AvgIpc) is 2.30. The summed E-state index contributed by atoms with van der Waals surface area (Å²) in [6, 6.07) is 9.90. The molecule has 1 aliphatic carbocycles. The van der Waals surface area contributed by atoms with Crippen LogP contribution in [0.25, 0.3) is 0 Å². The molecule has 2 heteroatoms. The summed E-state index contributed by atoms with van der Waals surface area (Å²) in [7, 11) is 0. The molecule has 1 saturated carbocycles. The molecular weight excluding hydrogens is 198 g/mol. The Kier molecular flexibility index (Phi) is 3.36. The molecule has 0 aliphatic heterocycles. The van der Waals surface area contributed by atoms with Crippen molar-refractivity contribution in [3.63, 3.8) is 0 Å². The number of nitrogens with zero attached hydrogens (tertiary/aromatic N) is 1. The van der Waals surface area contributed by atoms with E-state index in [0.717, 1.165) is 36.8 Å². The minimum absolute atomic E-state index is 0.380. The summed E-state index contributed by atoms with van der Waals surface area (Å²) >= 11 is 0. The first-order valence-corrected chi connectivity index (χ1v) is 5.79. The molecule has 0 unspecified atom stereocenters. The predicted octanol–water partition coefficient (Wildman–Crippen LogP) is 2.86. The molecule has 1 fully saturated rings. The Morgan fingerprint density at radius 1 is 1.38 bits per heavy atom. The van der Waals surface area contributed by atoms with E-state index in [1.807, 2.05) is 24.3 Å². The average molecular weight is 213 g/mol. The molecule has 0 saturated heterocycles. The van der Waals surface area contributed by atoms with Gasteiger partial charge >= 0.3 is 0 Å². The van der Waals surface area contributed by atoms with E-state index in [1.165, 1.54) is 0 Å². The van der Waals surface area contributed by atoms with Gasteiger partial charge in [-0.2, -0.15) is 5.26 Å². The molecule has 1 aromatic carbocycles. The molecule has 0 N–H and O–H groups in total. The summed E-state index contributed by atoms with van der Waals surface area (Å²) in [5.41, 5.74) is 1.84. The molecule has 0 aromatic heterocycles. The highest BCUT2D eigenvalue weighted by atomic mass is 16.1. The summed E-state index contributed by atoms with van der Waals surface area (Å²) in [4.78, 5) is 11.4. The van der Waals surface area contributed by atoms with Crippen LogP contribution in [-0.4, -0.2) is 5.78 Å². The number of nitriles is 1. The maximum Gasteiger partial charge on any atom is 0.133 e. The fourth-order valence-corrected chi connectivity index (χ4v) is 2.41. The minimum atomic E-state index is 0.380. The maximum atomic E-state index is 11.4. The summed E-state index contributed by atoms with van der Waals surface area (Å²) in [6.07, 6.45) is 4.44. The van der Waals surface area contributed by atoms with Gasteiger partial charge in [-0.05, 0) is 36.8 Å². The lowest BCUT2D eigenvalue weighted by Gasteiger charge is -2.21. The van der Waals surface area contributed by atoms with E-state index in [2.05, 4.69) is 6.07 Å². The van der Waals surface area contributed by atoms with Crippen LogP contribution in [0.1, 0.15) is 36.8 Å². The predicted molar refractivity (Wildman–Crippen MR) is 61.8 cm³/mol. The van der Waals surface area contributed by atoms with Gasteiger partial charge in [0.1, 0.15) is 5.78 Å². The van der Waals surface area contributed by atoms with Gasteiger partial charge in [0.2, 0.25) is 0 Å². The Bertz CT molecular complexity index is 431. The second-order valence-corrected chi connectivity index (χ2v) is 4.47. The van der Waals surface area contributed by atoms with Crippen molar-refractivity contribution in [2.75, 3.05) is 0 Å². The van der Waals surface area contributed by atoms with Crippen molar-refractivity contribution in [3.05, 3.63) is 35.4 Å². The largest absolute Gasteiger partial charge is 0.300 e. The molecule has 82 valence electrons.